The molecule has 0 aliphatic heterocycles. The molecule has 0 saturated heterocycles. The number of aryl methyl sites for hydroxylation is 1. The molecule has 9 nitrogen and oxygen atoms in total. The molecule has 2 aromatic carbocycles. The van der Waals surface area contributed by atoms with E-state index >= 15 is 0 Å². The number of carbonyl (C=O) groups excluding carboxylic acids is 2. The summed E-state index contributed by atoms with van der Waals surface area (Å²) in [5.74, 6) is 0.754. The van der Waals surface area contributed by atoms with Gasteiger partial charge in [-0.2, -0.15) is 4.98 Å². The van der Waals surface area contributed by atoms with E-state index in [-0.39, 0.29) is 11.9 Å². The molecule has 0 aliphatic carbocycles. The van der Waals surface area contributed by atoms with Crippen LogP contribution >= 0.6 is 0 Å². The van der Waals surface area contributed by atoms with Gasteiger partial charge in [-0.05, 0) is 56.9 Å². The highest BCUT2D eigenvalue weighted by Gasteiger charge is 2.14. The molecular formula is C24H30N6O3. The molecule has 0 saturated carbocycles. The Morgan fingerprint density at radius 1 is 1.00 bits per heavy atom. The number of likely N-dealkylation sites (N-methyl/N-ethyl adjacent to an activating group) is 2. The number of urea groups is 1. The van der Waals surface area contributed by atoms with Crippen molar-refractivity contribution >= 4 is 17.6 Å². The van der Waals surface area contributed by atoms with Gasteiger partial charge in [0.15, 0.2) is 5.82 Å². The molecule has 1 aromatic heterocycles. The van der Waals surface area contributed by atoms with Gasteiger partial charge >= 0.3 is 6.03 Å². The number of nitrogens with one attached hydrogen (secondary N) is 2. The van der Waals surface area contributed by atoms with E-state index in [0.29, 0.717) is 36.8 Å². The van der Waals surface area contributed by atoms with Crippen LogP contribution in [0.5, 0.6) is 0 Å². The summed E-state index contributed by atoms with van der Waals surface area (Å²) < 4.78 is 5.36. The number of amides is 3. The van der Waals surface area contributed by atoms with Gasteiger partial charge in [-0.3, -0.25) is 4.79 Å². The van der Waals surface area contributed by atoms with Crippen LogP contribution < -0.4 is 10.6 Å². The van der Waals surface area contributed by atoms with Crippen molar-refractivity contribution in [2.75, 3.05) is 46.1 Å². The van der Waals surface area contributed by atoms with Gasteiger partial charge in [0.25, 0.3) is 11.8 Å². The molecule has 0 radical (unpaired) electrons. The third-order valence-corrected chi connectivity index (χ3v) is 5.11. The number of aromatic nitrogens is 2. The second-order valence-electron chi connectivity index (χ2n) is 8.07. The highest BCUT2D eigenvalue weighted by Crippen LogP contribution is 2.18. The molecule has 0 fully saturated rings. The summed E-state index contributed by atoms with van der Waals surface area (Å²) in [4.78, 5) is 32.6. The lowest BCUT2D eigenvalue weighted by molar-refractivity contribution is 0.0951. The van der Waals surface area contributed by atoms with Gasteiger partial charge in [0.05, 0.1) is 0 Å². The predicted octanol–water partition coefficient (Wildman–Crippen LogP) is 3.04. The number of anilines is 1. The maximum absolute atomic E-state index is 12.4. The Hall–Kier alpha value is -3.72. The number of carbonyl (C=O) groups is 2. The van der Waals surface area contributed by atoms with Gasteiger partial charge < -0.3 is 25.0 Å². The van der Waals surface area contributed by atoms with E-state index in [1.807, 2.05) is 50.2 Å². The van der Waals surface area contributed by atoms with Gasteiger partial charge in [0.2, 0.25) is 0 Å². The van der Waals surface area contributed by atoms with E-state index in [1.165, 1.54) is 0 Å². The van der Waals surface area contributed by atoms with Crippen LogP contribution in [0.3, 0.4) is 0 Å². The van der Waals surface area contributed by atoms with Crippen LogP contribution in [0.1, 0.15) is 21.7 Å². The molecule has 3 amide bonds. The standard InChI is InChI=1S/C24H30N6O3/c1-17-7-5-6-8-20(17)26-24(32)30(4)15-13-21-27-23(33-28-21)19-11-9-18(10-12-19)22(31)25-14-16-29(2)3/h5-12H,13-16H2,1-4H3,(H,25,31)(H,26,32). The summed E-state index contributed by atoms with van der Waals surface area (Å²) in [5, 5.41) is 9.78. The van der Waals surface area contributed by atoms with Crippen LogP contribution in [0.2, 0.25) is 0 Å². The molecule has 174 valence electrons. The molecule has 0 atom stereocenters. The van der Waals surface area contributed by atoms with Crippen molar-refractivity contribution in [3.05, 3.63) is 65.5 Å². The molecule has 0 unspecified atom stereocenters. The minimum Gasteiger partial charge on any atom is -0.351 e. The Labute approximate surface area is 193 Å². The monoisotopic (exact) mass is 450 g/mol. The van der Waals surface area contributed by atoms with E-state index in [0.717, 1.165) is 23.4 Å². The lowest BCUT2D eigenvalue weighted by atomic mass is 10.1. The van der Waals surface area contributed by atoms with Gasteiger partial charge in [0, 0.05) is 49.9 Å². The molecule has 2 N–H and O–H groups in total. The maximum atomic E-state index is 12.4. The van der Waals surface area contributed by atoms with Crippen LogP contribution in [-0.2, 0) is 6.42 Å². The number of hydrogen-bond donors (Lipinski definition) is 2. The van der Waals surface area contributed by atoms with Crippen molar-refractivity contribution in [3.8, 4) is 11.5 Å². The summed E-state index contributed by atoms with van der Waals surface area (Å²) in [6, 6.07) is 14.4. The van der Waals surface area contributed by atoms with Gasteiger partial charge in [0.1, 0.15) is 0 Å². The van der Waals surface area contributed by atoms with Gasteiger partial charge in [-0.1, -0.05) is 23.4 Å². The van der Waals surface area contributed by atoms with Crippen molar-refractivity contribution in [3.63, 3.8) is 0 Å². The van der Waals surface area contributed by atoms with Crippen LogP contribution in [-0.4, -0.2) is 72.7 Å². The molecule has 0 bridgehead atoms. The molecule has 3 aromatic rings. The topological polar surface area (TPSA) is 104 Å². The summed E-state index contributed by atoms with van der Waals surface area (Å²) in [6.07, 6.45) is 0.452. The third-order valence-electron chi connectivity index (χ3n) is 5.11. The van der Waals surface area contributed by atoms with E-state index in [2.05, 4.69) is 20.8 Å². The van der Waals surface area contributed by atoms with Crippen LogP contribution in [0.15, 0.2) is 53.1 Å². The second kappa shape index (κ2) is 11.2. The molecule has 9 heteroatoms. The van der Waals surface area contributed by atoms with E-state index in [1.54, 1.807) is 36.2 Å². The Bertz CT molecular complexity index is 1080. The number of rotatable bonds is 9. The van der Waals surface area contributed by atoms with E-state index in [9.17, 15) is 9.59 Å². The highest BCUT2D eigenvalue weighted by molar-refractivity contribution is 5.94. The third kappa shape index (κ3) is 6.88. The Morgan fingerprint density at radius 2 is 1.73 bits per heavy atom. The van der Waals surface area contributed by atoms with Crippen molar-refractivity contribution < 1.29 is 14.1 Å². The maximum Gasteiger partial charge on any atom is 0.321 e. The number of hydrogen-bond acceptors (Lipinski definition) is 6. The molecule has 3 rings (SSSR count). The lowest BCUT2D eigenvalue weighted by Crippen LogP contribution is -2.33. The molecular weight excluding hydrogens is 420 g/mol. The first kappa shape index (κ1) is 23.9. The van der Waals surface area contributed by atoms with Crippen LogP contribution in [0, 0.1) is 6.92 Å². The summed E-state index contributed by atoms with van der Waals surface area (Å²) in [7, 11) is 5.63. The minimum absolute atomic E-state index is 0.123. The summed E-state index contributed by atoms with van der Waals surface area (Å²) in [6.45, 7) is 3.73. The summed E-state index contributed by atoms with van der Waals surface area (Å²) >= 11 is 0. The lowest BCUT2D eigenvalue weighted by Gasteiger charge is -2.18. The van der Waals surface area contributed by atoms with Gasteiger partial charge in [-0.15, -0.1) is 0 Å². The Kier molecular flexibility index (Phi) is 8.15. The normalized spacial score (nSPS) is 10.8. The fourth-order valence-electron chi connectivity index (χ4n) is 3.03. The quantitative estimate of drug-likeness (QED) is 0.519. The molecule has 1 heterocycles. The van der Waals surface area contributed by atoms with E-state index in [4.69, 9.17) is 4.52 Å². The largest absolute Gasteiger partial charge is 0.351 e. The average Bonchev–Trinajstić information content (AvgIpc) is 3.28. The Balaban J connectivity index is 1.51. The SMILES string of the molecule is Cc1ccccc1NC(=O)N(C)CCc1noc(-c2ccc(C(=O)NCCN(C)C)cc2)n1. The zero-order valence-electron chi connectivity index (χ0n) is 19.5. The zero-order chi connectivity index (χ0) is 23.8. The van der Waals surface area contributed by atoms with Crippen LogP contribution in [0.4, 0.5) is 10.5 Å². The first-order valence-electron chi connectivity index (χ1n) is 10.8. The van der Waals surface area contributed by atoms with Crippen molar-refractivity contribution in [1.82, 2.24) is 25.3 Å². The number of benzene rings is 2. The first-order chi connectivity index (χ1) is 15.8. The van der Waals surface area contributed by atoms with Crippen molar-refractivity contribution in [1.29, 1.82) is 0 Å². The Morgan fingerprint density at radius 3 is 2.42 bits per heavy atom. The van der Waals surface area contributed by atoms with Crippen molar-refractivity contribution in [2.24, 2.45) is 0 Å². The molecule has 0 aliphatic rings. The zero-order valence-corrected chi connectivity index (χ0v) is 19.5. The van der Waals surface area contributed by atoms with Crippen molar-refractivity contribution in [2.45, 2.75) is 13.3 Å². The summed E-state index contributed by atoms with van der Waals surface area (Å²) in [5.41, 5.74) is 3.08. The number of nitrogens with zero attached hydrogens (tertiary/aromatic N) is 4. The van der Waals surface area contributed by atoms with Gasteiger partial charge in [-0.25, -0.2) is 4.79 Å². The first-order valence-corrected chi connectivity index (χ1v) is 10.8. The fraction of sp³-hybridized carbons (Fsp3) is 0.333. The van der Waals surface area contributed by atoms with E-state index < -0.39 is 0 Å². The predicted molar refractivity (Wildman–Crippen MR) is 127 cm³/mol. The fourth-order valence-corrected chi connectivity index (χ4v) is 3.03. The smallest absolute Gasteiger partial charge is 0.321 e. The average molecular weight is 451 g/mol. The number of para-hydroxylation sites is 1. The van der Waals surface area contributed by atoms with Crippen LogP contribution in [0.25, 0.3) is 11.5 Å². The molecule has 33 heavy (non-hydrogen) atoms. The highest BCUT2D eigenvalue weighted by atomic mass is 16.5. The minimum atomic E-state index is -0.201. The second-order valence-corrected chi connectivity index (χ2v) is 8.07. The molecule has 0 spiro atoms.